The lowest BCUT2D eigenvalue weighted by molar-refractivity contribution is 0.112. The minimum atomic E-state index is 0.907. The molecule has 2 nitrogen and oxygen atoms in total. The van der Waals surface area contributed by atoms with Gasteiger partial charge in [-0.25, -0.2) is 0 Å². The van der Waals surface area contributed by atoms with Crippen molar-refractivity contribution in [3.8, 4) is 0 Å². The first kappa shape index (κ1) is 6.85. The molecule has 0 saturated carbocycles. The maximum absolute atomic E-state index is 10.5. The Bertz CT molecular complexity index is 292. The molecule has 1 aromatic heterocycles. The van der Waals surface area contributed by atoms with Crippen LogP contribution >= 0.6 is 11.3 Å². The highest BCUT2D eigenvalue weighted by Gasteiger charge is 2.20. The molecule has 11 heavy (non-hydrogen) atoms. The van der Waals surface area contributed by atoms with E-state index in [-0.39, 0.29) is 0 Å². The minimum absolute atomic E-state index is 0.907. The number of thiophene rings is 1. The molecule has 0 aromatic carbocycles. The molecule has 0 spiro atoms. The third-order valence-electron chi connectivity index (χ3n) is 2.12. The van der Waals surface area contributed by atoms with Crippen molar-refractivity contribution in [3.05, 3.63) is 15.8 Å². The second-order valence-corrected chi connectivity index (χ2v) is 3.66. The van der Waals surface area contributed by atoms with Gasteiger partial charge in [0.2, 0.25) is 0 Å². The van der Waals surface area contributed by atoms with Crippen LogP contribution in [0.2, 0.25) is 0 Å². The standard InChI is InChI=1S/C8H9NOS/c1-9-3-2-6-7(9)5-11-8(6)4-10/h4-5H,2-3H2,1H3. The maximum Gasteiger partial charge on any atom is 0.160 e. The van der Waals surface area contributed by atoms with Crippen LogP contribution < -0.4 is 4.90 Å². The smallest absolute Gasteiger partial charge is 0.160 e. The lowest BCUT2D eigenvalue weighted by Gasteiger charge is -2.07. The number of likely N-dealkylation sites (N-methyl/N-ethyl adjacent to an activating group) is 1. The largest absolute Gasteiger partial charge is 0.373 e. The number of hydrogen-bond donors (Lipinski definition) is 0. The van der Waals surface area contributed by atoms with Gasteiger partial charge in [0, 0.05) is 19.0 Å². The van der Waals surface area contributed by atoms with Crippen molar-refractivity contribution in [3.63, 3.8) is 0 Å². The second-order valence-electron chi connectivity index (χ2n) is 2.75. The van der Waals surface area contributed by atoms with E-state index in [1.54, 1.807) is 11.3 Å². The average Bonchev–Trinajstić information content (AvgIpc) is 2.53. The Morgan fingerprint density at radius 3 is 3.27 bits per heavy atom. The van der Waals surface area contributed by atoms with E-state index in [9.17, 15) is 4.79 Å². The Hall–Kier alpha value is -0.830. The van der Waals surface area contributed by atoms with Gasteiger partial charge in [0.1, 0.15) is 0 Å². The fourth-order valence-corrected chi connectivity index (χ4v) is 2.42. The van der Waals surface area contributed by atoms with Crippen molar-refractivity contribution in [1.82, 2.24) is 0 Å². The molecule has 0 N–H and O–H groups in total. The van der Waals surface area contributed by atoms with E-state index in [4.69, 9.17) is 0 Å². The van der Waals surface area contributed by atoms with Crippen LogP contribution in [0.1, 0.15) is 15.2 Å². The van der Waals surface area contributed by atoms with Crippen molar-refractivity contribution in [2.45, 2.75) is 6.42 Å². The number of carbonyl (C=O) groups is 1. The first-order valence-electron chi connectivity index (χ1n) is 3.59. The van der Waals surface area contributed by atoms with Gasteiger partial charge in [0.25, 0.3) is 0 Å². The molecule has 0 amide bonds. The molecule has 58 valence electrons. The molecule has 0 atom stereocenters. The predicted octanol–water partition coefficient (Wildman–Crippen LogP) is 1.55. The maximum atomic E-state index is 10.5. The summed E-state index contributed by atoms with van der Waals surface area (Å²) in [6, 6.07) is 0. The summed E-state index contributed by atoms with van der Waals surface area (Å²) < 4.78 is 0. The van der Waals surface area contributed by atoms with Crippen LogP contribution in [0.5, 0.6) is 0 Å². The molecular weight excluding hydrogens is 158 g/mol. The van der Waals surface area contributed by atoms with Crippen LogP contribution in [0, 0.1) is 0 Å². The molecule has 0 bridgehead atoms. The lowest BCUT2D eigenvalue weighted by atomic mass is 10.2. The summed E-state index contributed by atoms with van der Waals surface area (Å²) in [5, 5.41) is 2.06. The molecule has 0 fully saturated rings. The summed E-state index contributed by atoms with van der Waals surface area (Å²) in [4.78, 5) is 13.6. The Morgan fingerprint density at radius 1 is 1.73 bits per heavy atom. The SMILES string of the molecule is CN1CCc2c1csc2C=O. The molecule has 0 aliphatic carbocycles. The van der Waals surface area contributed by atoms with E-state index in [0.29, 0.717) is 0 Å². The van der Waals surface area contributed by atoms with Crippen molar-refractivity contribution >= 4 is 23.3 Å². The van der Waals surface area contributed by atoms with Crippen LogP contribution in [-0.4, -0.2) is 19.9 Å². The summed E-state index contributed by atoms with van der Waals surface area (Å²) in [7, 11) is 2.06. The molecule has 0 radical (unpaired) electrons. The normalized spacial score (nSPS) is 15.2. The van der Waals surface area contributed by atoms with Crippen LogP contribution in [0.4, 0.5) is 5.69 Å². The van der Waals surface area contributed by atoms with Crippen molar-refractivity contribution in [2.24, 2.45) is 0 Å². The van der Waals surface area contributed by atoms with Crippen molar-refractivity contribution in [2.75, 3.05) is 18.5 Å². The van der Waals surface area contributed by atoms with Gasteiger partial charge in [0.15, 0.2) is 6.29 Å². The van der Waals surface area contributed by atoms with Gasteiger partial charge in [-0.2, -0.15) is 0 Å². The Balaban J connectivity index is 2.51. The number of aldehydes is 1. The molecule has 0 unspecified atom stereocenters. The van der Waals surface area contributed by atoms with Crippen LogP contribution in [0.15, 0.2) is 5.38 Å². The monoisotopic (exact) mass is 167 g/mol. The van der Waals surface area contributed by atoms with E-state index < -0.39 is 0 Å². The number of carbonyl (C=O) groups excluding carboxylic acids is 1. The Labute approximate surface area is 69.4 Å². The third kappa shape index (κ3) is 0.878. The summed E-state index contributed by atoms with van der Waals surface area (Å²) >= 11 is 1.55. The molecule has 1 aliphatic heterocycles. The van der Waals surface area contributed by atoms with Gasteiger partial charge in [-0.3, -0.25) is 4.79 Å². The summed E-state index contributed by atoms with van der Waals surface area (Å²) in [6.07, 6.45) is 1.99. The van der Waals surface area contributed by atoms with Crippen LogP contribution in [0.25, 0.3) is 0 Å². The van der Waals surface area contributed by atoms with E-state index in [2.05, 4.69) is 17.3 Å². The number of fused-ring (bicyclic) bond motifs is 1. The predicted molar refractivity (Wildman–Crippen MR) is 46.7 cm³/mol. The van der Waals surface area contributed by atoms with Gasteiger partial charge >= 0.3 is 0 Å². The highest BCUT2D eigenvalue weighted by atomic mass is 32.1. The number of anilines is 1. The highest BCUT2D eigenvalue weighted by Crippen LogP contribution is 2.33. The molecule has 3 heteroatoms. The van der Waals surface area contributed by atoms with E-state index in [0.717, 1.165) is 24.1 Å². The first-order chi connectivity index (χ1) is 5.33. The van der Waals surface area contributed by atoms with Crippen LogP contribution in [0.3, 0.4) is 0 Å². The second kappa shape index (κ2) is 2.34. The molecule has 2 rings (SSSR count). The van der Waals surface area contributed by atoms with Crippen LogP contribution in [-0.2, 0) is 6.42 Å². The lowest BCUT2D eigenvalue weighted by Crippen LogP contribution is -2.11. The van der Waals surface area contributed by atoms with Gasteiger partial charge in [-0.15, -0.1) is 11.3 Å². The fourth-order valence-electron chi connectivity index (χ4n) is 1.46. The van der Waals surface area contributed by atoms with Crippen molar-refractivity contribution in [1.29, 1.82) is 0 Å². The first-order valence-corrected chi connectivity index (χ1v) is 4.47. The number of rotatable bonds is 1. The summed E-state index contributed by atoms with van der Waals surface area (Å²) in [5.41, 5.74) is 2.49. The van der Waals surface area contributed by atoms with E-state index >= 15 is 0 Å². The molecule has 2 heterocycles. The number of nitrogens with zero attached hydrogens (tertiary/aromatic N) is 1. The third-order valence-corrected chi connectivity index (χ3v) is 3.06. The highest BCUT2D eigenvalue weighted by molar-refractivity contribution is 7.12. The summed E-state index contributed by atoms with van der Waals surface area (Å²) in [6.45, 7) is 1.05. The molecular formula is C8H9NOS. The van der Waals surface area contributed by atoms with Gasteiger partial charge in [0.05, 0.1) is 10.6 Å². The molecule has 1 aliphatic rings. The Morgan fingerprint density at radius 2 is 2.55 bits per heavy atom. The van der Waals surface area contributed by atoms with Gasteiger partial charge < -0.3 is 4.90 Å². The zero-order valence-corrected chi connectivity index (χ0v) is 7.15. The zero-order chi connectivity index (χ0) is 7.84. The number of hydrogen-bond acceptors (Lipinski definition) is 3. The van der Waals surface area contributed by atoms with E-state index in [1.807, 2.05) is 0 Å². The quantitative estimate of drug-likeness (QED) is 0.591. The minimum Gasteiger partial charge on any atom is -0.373 e. The molecule has 0 saturated heterocycles. The zero-order valence-electron chi connectivity index (χ0n) is 6.33. The van der Waals surface area contributed by atoms with Crippen molar-refractivity contribution < 1.29 is 4.79 Å². The van der Waals surface area contributed by atoms with Gasteiger partial charge in [-0.1, -0.05) is 0 Å². The topological polar surface area (TPSA) is 20.3 Å². The molecule has 1 aromatic rings. The summed E-state index contributed by atoms with van der Waals surface area (Å²) in [5.74, 6) is 0. The van der Waals surface area contributed by atoms with E-state index in [1.165, 1.54) is 11.3 Å². The van der Waals surface area contributed by atoms with Gasteiger partial charge in [-0.05, 0) is 12.0 Å². The average molecular weight is 167 g/mol. The Kier molecular flexibility index (Phi) is 1.46. The fraction of sp³-hybridized carbons (Fsp3) is 0.375.